The van der Waals surface area contributed by atoms with Gasteiger partial charge in [-0.2, -0.15) is 5.10 Å². The summed E-state index contributed by atoms with van der Waals surface area (Å²) in [6.45, 7) is 4.03. The van der Waals surface area contributed by atoms with E-state index in [1.54, 1.807) is 6.21 Å². The van der Waals surface area contributed by atoms with Gasteiger partial charge in [0.05, 0.1) is 6.21 Å². The number of rotatable bonds is 8. The van der Waals surface area contributed by atoms with Crippen molar-refractivity contribution in [3.8, 4) is 22.8 Å². The fourth-order valence-corrected chi connectivity index (χ4v) is 4.52. The summed E-state index contributed by atoms with van der Waals surface area (Å²) in [7, 11) is 0. The molecule has 0 aliphatic heterocycles. The van der Waals surface area contributed by atoms with Gasteiger partial charge in [0, 0.05) is 11.1 Å². The van der Waals surface area contributed by atoms with E-state index in [0.717, 1.165) is 33.8 Å². The summed E-state index contributed by atoms with van der Waals surface area (Å²) in [5, 5.41) is 8.61. The van der Waals surface area contributed by atoms with Gasteiger partial charge in [-0.05, 0) is 55.8 Å². The highest BCUT2D eigenvalue weighted by Gasteiger charge is 2.16. The second-order valence-electron chi connectivity index (χ2n) is 8.74. The molecule has 38 heavy (non-hydrogen) atoms. The maximum Gasteiger partial charge on any atom is 0.256 e. The Labute approximate surface area is 225 Å². The second kappa shape index (κ2) is 11.5. The average Bonchev–Trinajstić information content (AvgIpc) is 3.32. The van der Waals surface area contributed by atoms with Gasteiger partial charge in [0.1, 0.15) is 22.2 Å². The highest BCUT2D eigenvalue weighted by atomic mass is 32.1. The van der Waals surface area contributed by atoms with Crippen LogP contribution in [0.25, 0.3) is 11.3 Å². The summed E-state index contributed by atoms with van der Waals surface area (Å²) in [6, 6.07) is 32.8. The fraction of sp³-hybridized carbons (Fsp3) is 0.0645. The molecular weight excluding hydrogens is 492 g/mol. The molecule has 0 aliphatic carbocycles. The number of aromatic nitrogens is 1. The van der Waals surface area contributed by atoms with Crippen LogP contribution in [0.15, 0.2) is 108 Å². The van der Waals surface area contributed by atoms with Crippen molar-refractivity contribution >= 4 is 33.6 Å². The van der Waals surface area contributed by atoms with E-state index >= 15 is 0 Å². The molecule has 0 atom stereocenters. The Morgan fingerprint density at radius 1 is 0.842 bits per heavy atom. The minimum absolute atomic E-state index is 0.188. The van der Waals surface area contributed by atoms with Crippen molar-refractivity contribution in [2.45, 2.75) is 13.8 Å². The first-order chi connectivity index (χ1) is 18.5. The molecular formula is C31H26N4O2S. The van der Waals surface area contributed by atoms with Crippen LogP contribution in [0.2, 0.25) is 0 Å². The predicted molar refractivity (Wildman–Crippen MR) is 156 cm³/mol. The Bertz CT molecular complexity index is 1560. The van der Waals surface area contributed by atoms with Crippen LogP contribution in [0.4, 0.5) is 10.1 Å². The number of anilines is 2. The van der Waals surface area contributed by atoms with Crippen molar-refractivity contribution < 1.29 is 9.53 Å². The zero-order valence-electron chi connectivity index (χ0n) is 21.0. The number of hydrazone groups is 1. The Kier molecular flexibility index (Phi) is 7.57. The van der Waals surface area contributed by atoms with E-state index in [0.29, 0.717) is 21.4 Å². The Hall–Kier alpha value is -4.75. The van der Waals surface area contributed by atoms with Crippen LogP contribution in [0.3, 0.4) is 0 Å². The molecule has 5 rings (SSSR count). The number of nitrogens with one attached hydrogen (secondary N) is 2. The Morgan fingerprint density at radius 2 is 1.53 bits per heavy atom. The van der Waals surface area contributed by atoms with E-state index in [2.05, 4.69) is 15.8 Å². The van der Waals surface area contributed by atoms with Crippen LogP contribution in [-0.4, -0.2) is 17.1 Å². The number of benzene rings is 4. The fourth-order valence-electron chi connectivity index (χ4n) is 3.68. The number of carbonyl (C=O) groups is 1. The minimum atomic E-state index is -0.188. The SMILES string of the molecule is Cc1ccc(C(=O)Nc2sc(N/N=C/c3cccc(Oc4ccccc4)c3)nc2-c2ccc(C)cc2)cc1. The number of hydrogen-bond donors (Lipinski definition) is 2. The molecule has 7 heteroatoms. The van der Waals surface area contributed by atoms with Crippen molar-refractivity contribution in [2.24, 2.45) is 5.10 Å². The van der Waals surface area contributed by atoms with E-state index in [1.165, 1.54) is 11.3 Å². The van der Waals surface area contributed by atoms with Gasteiger partial charge >= 0.3 is 0 Å². The number of thiazole rings is 1. The number of nitrogens with zero attached hydrogens (tertiary/aromatic N) is 2. The monoisotopic (exact) mass is 518 g/mol. The molecule has 5 aromatic rings. The summed E-state index contributed by atoms with van der Waals surface area (Å²) in [6.07, 6.45) is 1.70. The van der Waals surface area contributed by atoms with Crippen molar-refractivity contribution in [2.75, 3.05) is 10.7 Å². The molecule has 1 heterocycles. The molecule has 1 amide bonds. The smallest absolute Gasteiger partial charge is 0.256 e. The van der Waals surface area contributed by atoms with Crippen LogP contribution in [0.1, 0.15) is 27.0 Å². The lowest BCUT2D eigenvalue weighted by Crippen LogP contribution is -2.11. The standard InChI is InChI=1S/C31H26N4O2S/c1-21-11-15-24(16-12-21)28-30(34-29(36)25-17-13-22(2)14-18-25)38-31(33-28)35-32-20-23-7-6-10-27(19-23)37-26-8-4-3-5-9-26/h3-20H,1-2H3,(H,33,35)(H,34,36)/b32-20+. The van der Waals surface area contributed by atoms with Gasteiger partial charge in [0.15, 0.2) is 0 Å². The van der Waals surface area contributed by atoms with Gasteiger partial charge in [-0.1, -0.05) is 89.2 Å². The summed E-state index contributed by atoms with van der Waals surface area (Å²) in [5.74, 6) is 1.30. The minimum Gasteiger partial charge on any atom is -0.457 e. The van der Waals surface area contributed by atoms with Crippen LogP contribution in [0.5, 0.6) is 11.5 Å². The molecule has 4 aromatic carbocycles. The number of hydrogen-bond acceptors (Lipinski definition) is 6. The van der Waals surface area contributed by atoms with Gasteiger partial charge in [0.25, 0.3) is 5.91 Å². The van der Waals surface area contributed by atoms with Gasteiger partial charge in [-0.15, -0.1) is 0 Å². The molecule has 0 saturated carbocycles. The molecule has 188 valence electrons. The molecule has 0 aliphatic rings. The zero-order chi connectivity index (χ0) is 26.3. The van der Waals surface area contributed by atoms with Crippen molar-refractivity contribution in [1.29, 1.82) is 0 Å². The number of aryl methyl sites for hydroxylation is 2. The number of carbonyl (C=O) groups excluding carboxylic acids is 1. The third kappa shape index (κ3) is 6.32. The highest BCUT2D eigenvalue weighted by molar-refractivity contribution is 7.20. The molecule has 0 fully saturated rings. The third-order valence-corrected chi connectivity index (χ3v) is 6.58. The Morgan fingerprint density at radius 3 is 2.26 bits per heavy atom. The first-order valence-electron chi connectivity index (χ1n) is 12.1. The molecule has 0 bridgehead atoms. The lowest BCUT2D eigenvalue weighted by Gasteiger charge is -2.06. The molecule has 6 nitrogen and oxygen atoms in total. The predicted octanol–water partition coefficient (Wildman–Crippen LogP) is 7.92. The largest absolute Gasteiger partial charge is 0.457 e. The van der Waals surface area contributed by atoms with Crippen molar-refractivity contribution in [3.63, 3.8) is 0 Å². The van der Waals surface area contributed by atoms with Crippen LogP contribution in [-0.2, 0) is 0 Å². The first kappa shape index (κ1) is 24.9. The normalized spacial score (nSPS) is 10.9. The van der Waals surface area contributed by atoms with E-state index < -0.39 is 0 Å². The van der Waals surface area contributed by atoms with E-state index in [4.69, 9.17) is 9.72 Å². The number of amides is 1. The third-order valence-electron chi connectivity index (χ3n) is 5.70. The topological polar surface area (TPSA) is 75.6 Å². The summed E-state index contributed by atoms with van der Waals surface area (Å²) >= 11 is 1.33. The van der Waals surface area contributed by atoms with E-state index in [-0.39, 0.29) is 5.91 Å². The van der Waals surface area contributed by atoms with E-state index in [1.807, 2.05) is 117 Å². The number of ether oxygens (including phenoxy) is 1. The average molecular weight is 519 g/mol. The van der Waals surface area contributed by atoms with Gasteiger partial charge in [-0.3, -0.25) is 10.2 Å². The van der Waals surface area contributed by atoms with Crippen molar-refractivity contribution in [3.05, 3.63) is 125 Å². The molecule has 1 aromatic heterocycles. The summed E-state index contributed by atoms with van der Waals surface area (Å²) < 4.78 is 5.91. The van der Waals surface area contributed by atoms with Crippen LogP contribution >= 0.6 is 11.3 Å². The maximum atomic E-state index is 12.9. The summed E-state index contributed by atoms with van der Waals surface area (Å²) in [5.41, 5.74) is 8.31. The molecule has 2 N–H and O–H groups in total. The quantitative estimate of drug-likeness (QED) is 0.162. The molecule has 0 unspecified atom stereocenters. The molecule has 0 spiro atoms. The molecule has 0 radical (unpaired) electrons. The van der Waals surface area contributed by atoms with Gasteiger partial charge < -0.3 is 10.1 Å². The maximum absolute atomic E-state index is 12.9. The zero-order valence-corrected chi connectivity index (χ0v) is 21.8. The second-order valence-corrected chi connectivity index (χ2v) is 9.74. The summed E-state index contributed by atoms with van der Waals surface area (Å²) in [4.78, 5) is 17.7. The van der Waals surface area contributed by atoms with Crippen LogP contribution < -0.4 is 15.5 Å². The number of para-hydroxylation sites is 1. The Balaban J connectivity index is 1.34. The first-order valence-corrected chi connectivity index (χ1v) is 12.9. The van der Waals surface area contributed by atoms with Crippen molar-refractivity contribution in [1.82, 2.24) is 4.98 Å². The highest BCUT2D eigenvalue weighted by Crippen LogP contribution is 2.36. The lowest BCUT2D eigenvalue weighted by molar-refractivity contribution is 0.102. The lowest BCUT2D eigenvalue weighted by atomic mass is 10.1. The van der Waals surface area contributed by atoms with Crippen LogP contribution in [0, 0.1) is 13.8 Å². The van der Waals surface area contributed by atoms with Gasteiger partial charge in [-0.25, -0.2) is 4.98 Å². The molecule has 0 saturated heterocycles. The van der Waals surface area contributed by atoms with Gasteiger partial charge in [0.2, 0.25) is 5.13 Å². The van der Waals surface area contributed by atoms with E-state index in [9.17, 15) is 4.79 Å².